The van der Waals surface area contributed by atoms with Crippen LogP contribution in [0, 0.1) is 23.3 Å². The molecule has 0 unspecified atom stereocenters. The van der Waals surface area contributed by atoms with E-state index >= 15 is 8.78 Å². The third-order valence-electron chi connectivity index (χ3n) is 7.29. The molecule has 0 aliphatic carbocycles. The second-order valence-electron chi connectivity index (χ2n) is 10.8. The number of amides is 1. The van der Waals surface area contributed by atoms with Crippen molar-refractivity contribution in [1.82, 2.24) is 19.7 Å². The average Bonchev–Trinajstić information content (AvgIpc) is 3.43. The third kappa shape index (κ3) is 6.86. The standard InChI is InChI=1S/C31H31F4N5O4S/c1-20(2)44-31(41)40(45(42,43)27-18-22(32)6-7-24(27)33)26-9-8-25(34)28(29(26)35)30-23(21-10-12-36-13-11-21)19-39(37-30)17-16-38-14-4-3-5-15-38/h6-13,18-20H,3-5,14-17H2,1-2H3. The van der Waals surface area contributed by atoms with Crippen LogP contribution in [0.25, 0.3) is 22.4 Å². The Morgan fingerprint density at radius 3 is 2.33 bits per heavy atom. The zero-order valence-electron chi connectivity index (χ0n) is 24.6. The highest BCUT2D eigenvalue weighted by Gasteiger charge is 2.38. The van der Waals surface area contributed by atoms with E-state index in [4.69, 9.17) is 4.74 Å². The molecule has 1 aliphatic heterocycles. The molecule has 1 fully saturated rings. The number of nitrogens with zero attached hydrogens (tertiary/aromatic N) is 5. The molecule has 14 heteroatoms. The highest BCUT2D eigenvalue weighted by Crippen LogP contribution is 2.39. The Morgan fingerprint density at radius 2 is 1.64 bits per heavy atom. The van der Waals surface area contributed by atoms with Crippen molar-refractivity contribution in [3.63, 3.8) is 0 Å². The molecule has 1 amide bonds. The van der Waals surface area contributed by atoms with Gasteiger partial charge in [-0.1, -0.05) is 6.42 Å². The summed E-state index contributed by atoms with van der Waals surface area (Å²) in [5, 5.41) is 4.50. The maximum Gasteiger partial charge on any atom is 0.429 e. The molecule has 2 aromatic carbocycles. The fourth-order valence-electron chi connectivity index (χ4n) is 5.15. The minimum absolute atomic E-state index is 0.136. The molecule has 238 valence electrons. The van der Waals surface area contributed by atoms with E-state index in [0.29, 0.717) is 48.5 Å². The lowest BCUT2D eigenvalue weighted by molar-refractivity contribution is 0.126. The molecule has 0 spiro atoms. The number of benzene rings is 2. The van der Waals surface area contributed by atoms with Gasteiger partial charge in [0.15, 0.2) is 5.82 Å². The molecule has 45 heavy (non-hydrogen) atoms. The molecule has 5 rings (SSSR count). The molecule has 4 aromatic rings. The topological polar surface area (TPSA) is 97.6 Å². The predicted octanol–water partition coefficient (Wildman–Crippen LogP) is 6.39. The molecule has 3 heterocycles. The SMILES string of the molecule is CC(C)OC(=O)N(c1ccc(F)c(-c2nn(CCN3CCCCC3)cc2-c2ccncc2)c1F)S(=O)(=O)c1cc(F)ccc1F. The van der Waals surface area contributed by atoms with Crippen molar-refractivity contribution < 1.29 is 35.5 Å². The van der Waals surface area contributed by atoms with Gasteiger partial charge in [-0.15, -0.1) is 0 Å². The lowest BCUT2D eigenvalue weighted by Crippen LogP contribution is -2.39. The number of hydrogen-bond donors (Lipinski definition) is 0. The van der Waals surface area contributed by atoms with E-state index in [-0.39, 0.29) is 10.00 Å². The number of carbonyl (C=O) groups is 1. The first-order valence-corrected chi connectivity index (χ1v) is 15.8. The average molecular weight is 646 g/mol. The molecule has 1 aliphatic rings. The summed E-state index contributed by atoms with van der Waals surface area (Å²) in [4.78, 5) is 18.2. The molecule has 0 saturated carbocycles. The van der Waals surface area contributed by atoms with Gasteiger partial charge in [-0.3, -0.25) is 9.67 Å². The van der Waals surface area contributed by atoms with Gasteiger partial charge in [0, 0.05) is 30.7 Å². The van der Waals surface area contributed by atoms with Crippen LogP contribution in [0.4, 0.5) is 28.0 Å². The number of rotatable bonds is 9. The quantitative estimate of drug-likeness (QED) is 0.195. The van der Waals surface area contributed by atoms with Crippen LogP contribution in [0.1, 0.15) is 33.1 Å². The minimum atomic E-state index is -5.32. The second kappa shape index (κ2) is 13.4. The van der Waals surface area contributed by atoms with E-state index in [0.717, 1.165) is 38.4 Å². The van der Waals surface area contributed by atoms with Crippen molar-refractivity contribution in [2.45, 2.75) is 50.7 Å². The molecule has 1 saturated heterocycles. The van der Waals surface area contributed by atoms with Crippen LogP contribution in [-0.2, 0) is 21.3 Å². The fraction of sp³-hybridized carbons (Fsp3) is 0.323. The Morgan fingerprint density at radius 1 is 0.956 bits per heavy atom. The number of pyridine rings is 1. The third-order valence-corrected chi connectivity index (χ3v) is 8.98. The number of halogens is 4. The van der Waals surface area contributed by atoms with Gasteiger partial charge in [0.2, 0.25) is 0 Å². The van der Waals surface area contributed by atoms with Crippen LogP contribution in [0.2, 0.25) is 0 Å². The number of carbonyl (C=O) groups excluding carboxylic acids is 1. The van der Waals surface area contributed by atoms with Crippen molar-refractivity contribution in [3.8, 4) is 22.4 Å². The Hall–Kier alpha value is -4.30. The number of aromatic nitrogens is 3. The van der Waals surface area contributed by atoms with Gasteiger partial charge in [-0.05, 0) is 87.8 Å². The summed E-state index contributed by atoms with van der Waals surface area (Å²) < 4.78 is 94.8. The molecule has 0 atom stereocenters. The molecule has 0 bridgehead atoms. The van der Waals surface area contributed by atoms with Crippen LogP contribution < -0.4 is 4.31 Å². The van der Waals surface area contributed by atoms with Crippen molar-refractivity contribution in [2.24, 2.45) is 0 Å². The number of piperidine rings is 1. The Bertz CT molecular complexity index is 1800. The first-order chi connectivity index (χ1) is 21.5. The number of anilines is 1. The van der Waals surface area contributed by atoms with Crippen LogP contribution in [0.3, 0.4) is 0 Å². The van der Waals surface area contributed by atoms with Crippen LogP contribution in [-0.4, -0.2) is 59.9 Å². The van der Waals surface area contributed by atoms with E-state index in [1.54, 1.807) is 23.0 Å². The predicted molar refractivity (Wildman–Crippen MR) is 159 cm³/mol. The summed E-state index contributed by atoms with van der Waals surface area (Å²) in [5.41, 5.74) is -1.01. The van der Waals surface area contributed by atoms with E-state index in [1.165, 1.54) is 26.2 Å². The van der Waals surface area contributed by atoms with Crippen molar-refractivity contribution in [2.75, 3.05) is 23.9 Å². The molecule has 2 aromatic heterocycles. The summed E-state index contributed by atoms with van der Waals surface area (Å²) in [7, 11) is -5.32. The Balaban J connectivity index is 1.66. The van der Waals surface area contributed by atoms with Crippen molar-refractivity contribution >= 4 is 21.8 Å². The van der Waals surface area contributed by atoms with Gasteiger partial charge in [0.05, 0.1) is 18.2 Å². The highest BCUT2D eigenvalue weighted by atomic mass is 32.2. The maximum atomic E-state index is 16.6. The lowest BCUT2D eigenvalue weighted by atomic mass is 10.0. The van der Waals surface area contributed by atoms with E-state index < -0.39 is 61.6 Å². The zero-order chi connectivity index (χ0) is 32.3. The summed E-state index contributed by atoms with van der Waals surface area (Å²) in [6, 6.07) is 6.32. The first-order valence-electron chi connectivity index (χ1n) is 14.4. The summed E-state index contributed by atoms with van der Waals surface area (Å²) in [6.07, 6.45) is 5.45. The van der Waals surface area contributed by atoms with E-state index in [9.17, 15) is 22.0 Å². The maximum absolute atomic E-state index is 16.6. The number of hydrogen-bond acceptors (Lipinski definition) is 7. The second-order valence-corrected chi connectivity index (χ2v) is 12.6. The van der Waals surface area contributed by atoms with Crippen LogP contribution >= 0.6 is 0 Å². The van der Waals surface area contributed by atoms with E-state index in [2.05, 4.69) is 15.0 Å². The smallest absolute Gasteiger partial charge is 0.429 e. The van der Waals surface area contributed by atoms with Gasteiger partial charge < -0.3 is 9.64 Å². The summed E-state index contributed by atoms with van der Waals surface area (Å²) in [6.45, 7) is 5.73. The van der Waals surface area contributed by atoms with Crippen LogP contribution in [0.5, 0.6) is 0 Å². The van der Waals surface area contributed by atoms with Gasteiger partial charge >= 0.3 is 6.09 Å². The van der Waals surface area contributed by atoms with Gasteiger partial charge in [-0.2, -0.15) is 9.40 Å². The number of ether oxygens (including phenoxy) is 1. The Kier molecular flexibility index (Phi) is 9.53. The highest BCUT2D eigenvalue weighted by molar-refractivity contribution is 7.93. The van der Waals surface area contributed by atoms with Gasteiger partial charge in [-0.25, -0.2) is 30.8 Å². The monoisotopic (exact) mass is 645 g/mol. The molecule has 0 radical (unpaired) electrons. The molecule has 0 N–H and O–H groups in total. The first kappa shape index (κ1) is 32.1. The molecular formula is C31H31F4N5O4S. The Labute approximate surface area is 258 Å². The van der Waals surface area contributed by atoms with E-state index in [1.807, 2.05) is 0 Å². The zero-order valence-corrected chi connectivity index (χ0v) is 25.4. The van der Waals surface area contributed by atoms with Gasteiger partial charge in [0.1, 0.15) is 33.7 Å². The van der Waals surface area contributed by atoms with Crippen molar-refractivity contribution in [3.05, 3.63) is 84.3 Å². The van der Waals surface area contributed by atoms with Gasteiger partial charge in [0.25, 0.3) is 10.0 Å². The number of likely N-dealkylation sites (tertiary alicyclic amines) is 1. The largest absolute Gasteiger partial charge is 0.446 e. The minimum Gasteiger partial charge on any atom is -0.446 e. The van der Waals surface area contributed by atoms with Crippen LogP contribution in [0.15, 0.2) is 66.0 Å². The molecule has 9 nitrogen and oxygen atoms in total. The fourth-order valence-corrected chi connectivity index (χ4v) is 6.57. The summed E-state index contributed by atoms with van der Waals surface area (Å²) in [5.74, 6) is -5.09. The normalized spacial score (nSPS) is 14.1. The van der Waals surface area contributed by atoms with Crippen molar-refractivity contribution in [1.29, 1.82) is 0 Å². The molecular weight excluding hydrogens is 614 g/mol. The number of sulfonamides is 1. The summed E-state index contributed by atoms with van der Waals surface area (Å²) >= 11 is 0. The lowest BCUT2D eigenvalue weighted by Gasteiger charge is -2.26.